The van der Waals surface area contributed by atoms with Crippen molar-refractivity contribution in [1.29, 1.82) is 0 Å². The molecular formula is C16H37BN2P. The molecular weight excluding hydrogens is 262 g/mol. The number of rotatable bonds is 12. The highest BCUT2D eigenvalue weighted by molar-refractivity contribution is 7.53. The van der Waals surface area contributed by atoms with Crippen molar-refractivity contribution in [2.24, 2.45) is 0 Å². The fraction of sp³-hybridized carbons (Fsp3) is 1.00. The SMILES string of the molecule is CCCCCCC(C)P(N(CC)CC)N(CC)CC.[B]. The first-order valence-electron chi connectivity index (χ1n) is 8.44. The van der Waals surface area contributed by atoms with Crippen LogP contribution in [-0.4, -0.2) is 49.6 Å². The van der Waals surface area contributed by atoms with Gasteiger partial charge in [0.2, 0.25) is 0 Å². The van der Waals surface area contributed by atoms with Gasteiger partial charge in [0, 0.05) is 48.5 Å². The summed E-state index contributed by atoms with van der Waals surface area (Å²) in [7, 11) is -0.103. The molecule has 0 heterocycles. The minimum Gasteiger partial charge on any atom is -0.270 e. The Balaban J connectivity index is 0. The third-order valence-electron chi connectivity index (χ3n) is 3.91. The molecule has 0 aliphatic rings. The Kier molecular flexibility index (Phi) is 16.3. The van der Waals surface area contributed by atoms with Crippen molar-refractivity contribution in [3.8, 4) is 0 Å². The highest BCUT2D eigenvalue weighted by Crippen LogP contribution is 2.49. The predicted octanol–water partition coefficient (Wildman–Crippen LogP) is 4.96. The van der Waals surface area contributed by atoms with Gasteiger partial charge < -0.3 is 0 Å². The summed E-state index contributed by atoms with van der Waals surface area (Å²) in [6, 6.07) is 0. The molecule has 0 saturated carbocycles. The lowest BCUT2D eigenvalue weighted by Gasteiger charge is -2.41. The monoisotopic (exact) mass is 299 g/mol. The van der Waals surface area contributed by atoms with Gasteiger partial charge in [0.15, 0.2) is 0 Å². The predicted molar refractivity (Wildman–Crippen MR) is 96.7 cm³/mol. The van der Waals surface area contributed by atoms with Crippen molar-refractivity contribution in [3.63, 3.8) is 0 Å². The van der Waals surface area contributed by atoms with Crippen LogP contribution >= 0.6 is 8.22 Å². The molecule has 4 heteroatoms. The Labute approximate surface area is 132 Å². The molecule has 0 aliphatic carbocycles. The Morgan fingerprint density at radius 1 is 0.750 bits per heavy atom. The van der Waals surface area contributed by atoms with Crippen LogP contribution in [0.15, 0.2) is 0 Å². The maximum atomic E-state index is 2.70. The average molecular weight is 299 g/mol. The zero-order chi connectivity index (χ0) is 14.7. The van der Waals surface area contributed by atoms with Crippen LogP contribution in [0, 0.1) is 0 Å². The molecule has 0 aromatic carbocycles. The zero-order valence-electron chi connectivity index (χ0n) is 14.9. The molecule has 0 rings (SSSR count). The summed E-state index contributed by atoms with van der Waals surface area (Å²) in [5.74, 6) is 0. The van der Waals surface area contributed by atoms with Crippen molar-refractivity contribution in [2.45, 2.75) is 79.3 Å². The second-order valence-electron chi connectivity index (χ2n) is 5.30. The van der Waals surface area contributed by atoms with Gasteiger partial charge in [-0.3, -0.25) is 9.34 Å². The van der Waals surface area contributed by atoms with E-state index >= 15 is 0 Å². The van der Waals surface area contributed by atoms with Crippen LogP contribution in [0.4, 0.5) is 0 Å². The van der Waals surface area contributed by atoms with Crippen molar-refractivity contribution in [2.75, 3.05) is 26.2 Å². The second-order valence-corrected chi connectivity index (χ2v) is 7.95. The lowest BCUT2D eigenvalue weighted by atomic mass is 10.1. The summed E-state index contributed by atoms with van der Waals surface area (Å²) in [5.41, 5.74) is 0.839. The van der Waals surface area contributed by atoms with E-state index in [4.69, 9.17) is 0 Å². The number of nitrogens with zero attached hydrogens (tertiary/aromatic N) is 2. The van der Waals surface area contributed by atoms with E-state index in [1.54, 1.807) is 0 Å². The van der Waals surface area contributed by atoms with Crippen LogP contribution in [0.3, 0.4) is 0 Å². The molecule has 3 radical (unpaired) electrons. The van der Waals surface area contributed by atoms with E-state index in [9.17, 15) is 0 Å². The molecule has 1 atom stereocenters. The number of hydrogen-bond donors (Lipinski definition) is 0. The van der Waals surface area contributed by atoms with Gasteiger partial charge in [0.25, 0.3) is 0 Å². The molecule has 0 aliphatic heterocycles. The molecule has 0 N–H and O–H groups in total. The first-order valence-corrected chi connectivity index (χ1v) is 9.76. The lowest BCUT2D eigenvalue weighted by Crippen LogP contribution is -2.33. The molecule has 0 bridgehead atoms. The molecule has 0 amide bonds. The van der Waals surface area contributed by atoms with Crippen LogP contribution in [0.25, 0.3) is 0 Å². The van der Waals surface area contributed by atoms with Gasteiger partial charge in [0.05, 0.1) is 0 Å². The maximum absolute atomic E-state index is 2.70. The highest BCUT2D eigenvalue weighted by atomic mass is 31.1. The van der Waals surface area contributed by atoms with E-state index in [1.807, 2.05) is 0 Å². The summed E-state index contributed by atoms with van der Waals surface area (Å²) < 4.78 is 5.40. The maximum Gasteiger partial charge on any atom is 0.0424 e. The molecule has 0 aromatic rings. The Hall–Kier alpha value is 0.415. The van der Waals surface area contributed by atoms with E-state index in [2.05, 4.69) is 50.9 Å². The van der Waals surface area contributed by atoms with Crippen molar-refractivity contribution in [3.05, 3.63) is 0 Å². The summed E-state index contributed by atoms with van der Waals surface area (Å²) in [6.07, 6.45) is 6.98. The molecule has 0 aromatic heterocycles. The summed E-state index contributed by atoms with van der Waals surface area (Å²) in [6.45, 7) is 18.8. The molecule has 0 saturated heterocycles. The standard InChI is InChI=1S/C16H37N2P.B/c1-7-12-13-14-15-16(6)19(17(8-2)9-3)18(10-4)11-5;/h16H,7-15H2,1-6H3;. The Morgan fingerprint density at radius 2 is 1.20 bits per heavy atom. The van der Waals surface area contributed by atoms with Gasteiger partial charge in [-0.05, 0) is 6.42 Å². The normalized spacial score (nSPS) is 13.1. The molecule has 0 spiro atoms. The Bertz CT molecular complexity index is 185. The fourth-order valence-electron chi connectivity index (χ4n) is 2.75. The molecule has 20 heavy (non-hydrogen) atoms. The van der Waals surface area contributed by atoms with Gasteiger partial charge in [-0.15, -0.1) is 0 Å². The van der Waals surface area contributed by atoms with E-state index < -0.39 is 0 Å². The lowest BCUT2D eigenvalue weighted by molar-refractivity contribution is 0.411. The Morgan fingerprint density at radius 3 is 1.55 bits per heavy atom. The van der Waals surface area contributed by atoms with Gasteiger partial charge in [-0.1, -0.05) is 67.2 Å². The average Bonchev–Trinajstić information content (AvgIpc) is 2.44. The van der Waals surface area contributed by atoms with Crippen LogP contribution in [-0.2, 0) is 0 Å². The summed E-state index contributed by atoms with van der Waals surface area (Å²) >= 11 is 0. The zero-order valence-corrected chi connectivity index (χ0v) is 15.8. The third kappa shape index (κ3) is 8.00. The van der Waals surface area contributed by atoms with Crippen molar-refractivity contribution >= 4 is 16.6 Å². The van der Waals surface area contributed by atoms with Crippen LogP contribution in [0.5, 0.6) is 0 Å². The molecule has 1 unspecified atom stereocenters. The summed E-state index contributed by atoms with van der Waals surface area (Å²) in [5, 5.41) is 0. The second kappa shape index (κ2) is 14.4. The first kappa shape index (κ1) is 22.7. The van der Waals surface area contributed by atoms with Gasteiger partial charge >= 0.3 is 0 Å². The topological polar surface area (TPSA) is 6.48 Å². The molecule has 119 valence electrons. The van der Waals surface area contributed by atoms with E-state index in [-0.39, 0.29) is 16.6 Å². The van der Waals surface area contributed by atoms with E-state index in [0.717, 1.165) is 5.66 Å². The molecule has 2 nitrogen and oxygen atoms in total. The van der Waals surface area contributed by atoms with E-state index in [1.165, 1.54) is 58.3 Å². The van der Waals surface area contributed by atoms with Gasteiger partial charge in [-0.25, -0.2) is 0 Å². The number of hydrogen-bond acceptors (Lipinski definition) is 2. The quantitative estimate of drug-likeness (QED) is 0.285. The fourth-order valence-corrected chi connectivity index (χ4v) is 5.79. The van der Waals surface area contributed by atoms with Gasteiger partial charge in [0.1, 0.15) is 0 Å². The van der Waals surface area contributed by atoms with Crippen LogP contribution in [0.2, 0.25) is 0 Å². The van der Waals surface area contributed by atoms with Crippen molar-refractivity contribution in [1.82, 2.24) is 9.34 Å². The molecule has 0 fully saturated rings. The minimum atomic E-state index is -0.103. The first-order chi connectivity index (χ1) is 9.15. The van der Waals surface area contributed by atoms with E-state index in [0.29, 0.717) is 0 Å². The number of unbranched alkanes of at least 4 members (excludes halogenated alkanes) is 3. The van der Waals surface area contributed by atoms with Gasteiger partial charge in [-0.2, -0.15) is 0 Å². The smallest absolute Gasteiger partial charge is 0.0424 e. The van der Waals surface area contributed by atoms with Crippen LogP contribution < -0.4 is 0 Å². The summed E-state index contributed by atoms with van der Waals surface area (Å²) in [4.78, 5) is 0. The third-order valence-corrected chi connectivity index (χ3v) is 7.25. The largest absolute Gasteiger partial charge is 0.270 e. The van der Waals surface area contributed by atoms with Crippen LogP contribution in [0.1, 0.15) is 73.6 Å². The highest BCUT2D eigenvalue weighted by Gasteiger charge is 2.26. The van der Waals surface area contributed by atoms with Crippen molar-refractivity contribution < 1.29 is 0 Å². The minimum absolute atomic E-state index is 0.